The van der Waals surface area contributed by atoms with Crippen LogP contribution in [0.2, 0.25) is 0 Å². The third-order valence-electron chi connectivity index (χ3n) is 2.96. The molecule has 2 N–H and O–H groups in total. The summed E-state index contributed by atoms with van der Waals surface area (Å²) in [6.45, 7) is 6.11. The molecule has 0 unspecified atom stereocenters. The zero-order valence-corrected chi connectivity index (χ0v) is 12.6. The van der Waals surface area contributed by atoms with E-state index in [1.54, 1.807) is 14.0 Å². The number of likely N-dealkylation sites (N-methyl/N-ethyl adjacent to an activating group) is 1. The van der Waals surface area contributed by atoms with Crippen LogP contribution < -0.4 is 10.1 Å². The normalized spacial score (nSPS) is 12.1. The highest BCUT2D eigenvalue weighted by Gasteiger charge is 2.14. The fourth-order valence-electron chi connectivity index (χ4n) is 1.63. The summed E-state index contributed by atoms with van der Waals surface area (Å²) in [5.41, 5.74) is 0.974. The summed E-state index contributed by atoms with van der Waals surface area (Å²) in [6.07, 6.45) is 0.122. The van der Waals surface area contributed by atoms with Crippen LogP contribution >= 0.6 is 0 Å². The average Bonchev–Trinajstić information content (AvgIpc) is 2.42. The molecule has 0 bridgehead atoms. The molecule has 1 atom stereocenters. The number of nitrogens with zero attached hydrogens (tertiary/aromatic N) is 1. The summed E-state index contributed by atoms with van der Waals surface area (Å²) in [5.74, 6) is 0.795. The van der Waals surface area contributed by atoms with Crippen molar-refractivity contribution in [3.8, 4) is 5.75 Å². The maximum atomic E-state index is 11.9. The Morgan fingerprint density at radius 1 is 1.40 bits per heavy atom. The minimum Gasteiger partial charge on any atom is -0.491 e. The van der Waals surface area contributed by atoms with Crippen LogP contribution in [-0.4, -0.2) is 41.8 Å². The minimum absolute atomic E-state index is 0.0539. The maximum absolute atomic E-state index is 11.9. The zero-order valence-electron chi connectivity index (χ0n) is 12.6. The molecule has 0 heterocycles. The van der Waals surface area contributed by atoms with Crippen molar-refractivity contribution in [2.24, 2.45) is 0 Å². The molecule has 1 aromatic rings. The number of nitrogens with one attached hydrogen (secondary N) is 1. The van der Waals surface area contributed by atoms with E-state index < -0.39 is 0 Å². The van der Waals surface area contributed by atoms with E-state index >= 15 is 0 Å². The Kier molecular flexibility index (Phi) is 6.31. The second-order valence-electron chi connectivity index (χ2n) is 5.12. The first-order valence-corrected chi connectivity index (χ1v) is 6.81. The van der Waals surface area contributed by atoms with Gasteiger partial charge in [-0.2, -0.15) is 0 Å². The highest BCUT2D eigenvalue weighted by molar-refractivity contribution is 5.74. The number of carbonyl (C=O) groups excluding carboxylic acids is 1. The standard InChI is InChI=1S/C15H24N2O3/c1-11(2)20-14-7-5-6-13(8-14)9-16-15(19)17(4)12(3)10-18/h5-8,11-12,18H,9-10H2,1-4H3,(H,16,19)/t12-/m1/s1. The van der Waals surface area contributed by atoms with Crippen LogP contribution in [0.5, 0.6) is 5.75 Å². The molecule has 5 nitrogen and oxygen atoms in total. The Labute approximate surface area is 120 Å². The predicted octanol–water partition coefficient (Wildman–Crippen LogP) is 2.00. The molecule has 2 amide bonds. The van der Waals surface area contributed by atoms with Gasteiger partial charge in [0.05, 0.1) is 18.8 Å². The fourth-order valence-corrected chi connectivity index (χ4v) is 1.63. The number of aliphatic hydroxyl groups excluding tert-OH is 1. The van der Waals surface area contributed by atoms with Crippen molar-refractivity contribution in [1.29, 1.82) is 0 Å². The highest BCUT2D eigenvalue weighted by atomic mass is 16.5. The van der Waals surface area contributed by atoms with E-state index in [4.69, 9.17) is 9.84 Å². The zero-order chi connectivity index (χ0) is 15.1. The lowest BCUT2D eigenvalue weighted by Crippen LogP contribution is -2.43. The number of amides is 2. The molecule has 0 saturated heterocycles. The van der Waals surface area contributed by atoms with Gasteiger partial charge in [-0.1, -0.05) is 12.1 Å². The summed E-state index contributed by atoms with van der Waals surface area (Å²) in [6, 6.07) is 7.23. The Morgan fingerprint density at radius 2 is 2.10 bits per heavy atom. The van der Waals surface area contributed by atoms with Gasteiger partial charge >= 0.3 is 6.03 Å². The van der Waals surface area contributed by atoms with Crippen molar-refractivity contribution in [2.45, 2.75) is 39.5 Å². The first kappa shape index (κ1) is 16.3. The van der Waals surface area contributed by atoms with E-state index in [9.17, 15) is 4.79 Å². The Balaban J connectivity index is 2.55. The number of urea groups is 1. The van der Waals surface area contributed by atoms with E-state index in [0.717, 1.165) is 11.3 Å². The summed E-state index contributed by atoms with van der Waals surface area (Å²) in [7, 11) is 1.66. The summed E-state index contributed by atoms with van der Waals surface area (Å²) in [4.78, 5) is 13.3. The molecule has 0 aliphatic carbocycles. The van der Waals surface area contributed by atoms with Crippen LogP contribution in [0.15, 0.2) is 24.3 Å². The molecule has 112 valence electrons. The summed E-state index contributed by atoms with van der Waals surface area (Å²) in [5, 5.41) is 11.8. The number of ether oxygens (including phenoxy) is 1. The molecule has 1 rings (SSSR count). The van der Waals surface area contributed by atoms with Crippen molar-refractivity contribution in [3.63, 3.8) is 0 Å². The van der Waals surface area contributed by atoms with Gasteiger partial charge in [0.1, 0.15) is 5.75 Å². The quantitative estimate of drug-likeness (QED) is 0.837. The molecule has 0 saturated carbocycles. The SMILES string of the molecule is CC(C)Oc1cccc(CNC(=O)N(C)[C@H](C)CO)c1. The van der Waals surface area contributed by atoms with Gasteiger partial charge in [-0.25, -0.2) is 4.79 Å². The van der Waals surface area contributed by atoms with Gasteiger partial charge in [-0.15, -0.1) is 0 Å². The van der Waals surface area contributed by atoms with E-state index in [-0.39, 0.29) is 24.8 Å². The second-order valence-corrected chi connectivity index (χ2v) is 5.12. The number of hydrogen-bond acceptors (Lipinski definition) is 3. The van der Waals surface area contributed by atoms with Crippen molar-refractivity contribution in [2.75, 3.05) is 13.7 Å². The van der Waals surface area contributed by atoms with Gasteiger partial charge in [0.15, 0.2) is 0 Å². The van der Waals surface area contributed by atoms with Crippen LogP contribution in [0.4, 0.5) is 4.79 Å². The minimum atomic E-state index is -0.207. The van der Waals surface area contributed by atoms with Crippen molar-refractivity contribution in [1.82, 2.24) is 10.2 Å². The second kappa shape index (κ2) is 7.75. The average molecular weight is 280 g/mol. The smallest absolute Gasteiger partial charge is 0.317 e. The van der Waals surface area contributed by atoms with Crippen molar-refractivity contribution < 1.29 is 14.6 Å². The first-order chi connectivity index (χ1) is 9.43. The Hall–Kier alpha value is -1.75. The third-order valence-corrected chi connectivity index (χ3v) is 2.96. The van der Waals surface area contributed by atoms with Crippen LogP contribution in [-0.2, 0) is 6.54 Å². The predicted molar refractivity (Wildman–Crippen MR) is 78.8 cm³/mol. The van der Waals surface area contributed by atoms with Crippen molar-refractivity contribution in [3.05, 3.63) is 29.8 Å². The molecule has 1 aromatic carbocycles. The van der Waals surface area contributed by atoms with Crippen LogP contribution in [0, 0.1) is 0 Å². The van der Waals surface area contributed by atoms with Gasteiger partial charge in [0.2, 0.25) is 0 Å². The number of hydrogen-bond donors (Lipinski definition) is 2. The molecule has 0 aliphatic heterocycles. The molecule has 5 heteroatoms. The van der Waals surface area contributed by atoms with Crippen LogP contribution in [0.25, 0.3) is 0 Å². The van der Waals surface area contributed by atoms with E-state index in [0.29, 0.717) is 6.54 Å². The Bertz CT molecular complexity index is 435. The summed E-state index contributed by atoms with van der Waals surface area (Å²) < 4.78 is 5.61. The van der Waals surface area contributed by atoms with Gasteiger partial charge in [-0.05, 0) is 38.5 Å². The van der Waals surface area contributed by atoms with E-state index in [2.05, 4.69) is 5.32 Å². The maximum Gasteiger partial charge on any atom is 0.317 e. The molecule has 0 radical (unpaired) electrons. The number of aliphatic hydroxyl groups is 1. The molecular formula is C15H24N2O3. The van der Waals surface area contributed by atoms with E-state index in [1.165, 1.54) is 4.90 Å². The number of carbonyl (C=O) groups is 1. The Morgan fingerprint density at radius 3 is 2.70 bits per heavy atom. The van der Waals surface area contributed by atoms with Gasteiger partial charge in [0.25, 0.3) is 0 Å². The number of rotatable bonds is 6. The topological polar surface area (TPSA) is 61.8 Å². The van der Waals surface area contributed by atoms with Crippen molar-refractivity contribution >= 4 is 6.03 Å². The molecule has 0 spiro atoms. The highest BCUT2D eigenvalue weighted by Crippen LogP contribution is 2.14. The molecule has 0 aromatic heterocycles. The monoisotopic (exact) mass is 280 g/mol. The lowest BCUT2D eigenvalue weighted by atomic mass is 10.2. The molecule has 0 fully saturated rings. The van der Waals surface area contributed by atoms with Gasteiger partial charge < -0.3 is 20.1 Å². The lowest BCUT2D eigenvalue weighted by Gasteiger charge is -2.23. The third kappa shape index (κ3) is 5.09. The largest absolute Gasteiger partial charge is 0.491 e. The van der Waals surface area contributed by atoms with Crippen LogP contribution in [0.1, 0.15) is 26.3 Å². The molecular weight excluding hydrogens is 256 g/mol. The summed E-state index contributed by atoms with van der Waals surface area (Å²) >= 11 is 0. The van der Waals surface area contributed by atoms with Gasteiger partial charge in [0, 0.05) is 13.6 Å². The molecule has 0 aliphatic rings. The van der Waals surface area contributed by atoms with E-state index in [1.807, 2.05) is 38.1 Å². The first-order valence-electron chi connectivity index (χ1n) is 6.81. The number of benzene rings is 1. The van der Waals surface area contributed by atoms with Crippen LogP contribution in [0.3, 0.4) is 0 Å². The lowest BCUT2D eigenvalue weighted by molar-refractivity contribution is 0.157. The molecule has 20 heavy (non-hydrogen) atoms. The van der Waals surface area contributed by atoms with Gasteiger partial charge in [-0.3, -0.25) is 0 Å². The fraction of sp³-hybridized carbons (Fsp3) is 0.533.